The molecule has 2 aromatic carbocycles. The molecule has 1 amide bonds. The van der Waals surface area contributed by atoms with E-state index in [2.05, 4.69) is 17.4 Å². The van der Waals surface area contributed by atoms with Gasteiger partial charge in [0.05, 0.1) is 6.04 Å². The van der Waals surface area contributed by atoms with E-state index in [0.29, 0.717) is 0 Å². The Morgan fingerprint density at radius 2 is 1.67 bits per heavy atom. The fourth-order valence-electron chi connectivity index (χ4n) is 2.78. The molecule has 3 nitrogen and oxygen atoms in total. The van der Waals surface area contributed by atoms with Gasteiger partial charge >= 0.3 is 0 Å². The Labute approximate surface area is 125 Å². The van der Waals surface area contributed by atoms with E-state index in [1.54, 1.807) is 0 Å². The quantitative estimate of drug-likeness (QED) is 0.933. The molecule has 0 unspecified atom stereocenters. The predicted octanol–water partition coefficient (Wildman–Crippen LogP) is 2.62. The second kappa shape index (κ2) is 6.55. The highest BCUT2D eigenvalue weighted by Gasteiger charge is 2.28. The van der Waals surface area contributed by atoms with Gasteiger partial charge in [0.15, 0.2) is 0 Å². The summed E-state index contributed by atoms with van der Waals surface area (Å²) in [6.07, 6.45) is 1.76. The van der Waals surface area contributed by atoms with Crippen LogP contribution in [-0.4, -0.2) is 25.0 Å². The topological polar surface area (TPSA) is 32.3 Å². The molecule has 1 heterocycles. The van der Waals surface area contributed by atoms with Crippen molar-refractivity contribution in [2.75, 3.05) is 18.0 Å². The van der Waals surface area contributed by atoms with Crippen LogP contribution in [0.1, 0.15) is 12.0 Å². The Bertz CT molecular complexity index is 583. The van der Waals surface area contributed by atoms with Crippen molar-refractivity contribution in [3.05, 3.63) is 66.2 Å². The van der Waals surface area contributed by atoms with Crippen molar-refractivity contribution in [2.24, 2.45) is 0 Å². The maximum absolute atomic E-state index is 12.6. The van der Waals surface area contributed by atoms with Crippen molar-refractivity contribution in [3.63, 3.8) is 0 Å². The number of benzene rings is 2. The van der Waals surface area contributed by atoms with E-state index in [1.807, 2.05) is 53.4 Å². The summed E-state index contributed by atoms with van der Waals surface area (Å²) < 4.78 is 0. The number of carbonyl (C=O) groups is 1. The van der Waals surface area contributed by atoms with Crippen LogP contribution in [-0.2, 0) is 11.2 Å². The van der Waals surface area contributed by atoms with Gasteiger partial charge in [0.25, 0.3) is 0 Å². The summed E-state index contributed by atoms with van der Waals surface area (Å²) in [6.45, 7) is 1.59. The molecule has 0 aliphatic carbocycles. The standard InChI is InChI=1S/C18H20N2O/c21-18-17(12-11-15-7-3-1-4-8-15)19-13-14-20(18)16-9-5-2-6-10-16/h1-10,17,19H,11-14H2/t17-/m1/s1. The van der Waals surface area contributed by atoms with Crippen molar-refractivity contribution < 1.29 is 4.79 Å². The van der Waals surface area contributed by atoms with Crippen LogP contribution in [0.2, 0.25) is 0 Å². The van der Waals surface area contributed by atoms with Crippen LogP contribution in [0.25, 0.3) is 0 Å². The Balaban J connectivity index is 1.65. The summed E-state index contributed by atoms with van der Waals surface area (Å²) in [5.41, 5.74) is 2.28. The minimum atomic E-state index is -0.0841. The van der Waals surface area contributed by atoms with Gasteiger partial charge in [-0.25, -0.2) is 0 Å². The van der Waals surface area contributed by atoms with Crippen LogP contribution in [0.4, 0.5) is 5.69 Å². The van der Waals surface area contributed by atoms with Crippen LogP contribution < -0.4 is 10.2 Å². The number of nitrogens with one attached hydrogen (secondary N) is 1. The molecule has 0 saturated carbocycles. The van der Waals surface area contributed by atoms with Gasteiger partial charge in [-0.3, -0.25) is 4.79 Å². The fraction of sp³-hybridized carbons (Fsp3) is 0.278. The van der Waals surface area contributed by atoms with Gasteiger partial charge < -0.3 is 10.2 Å². The zero-order chi connectivity index (χ0) is 14.5. The monoisotopic (exact) mass is 280 g/mol. The number of amides is 1. The molecule has 3 rings (SSSR count). The molecule has 0 radical (unpaired) electrons. The number of aryl methyl sites for hydroxylation is 1. The highest BCUT2D eigenvalue weighted by molar-refractivity contribution is 5.97. The summed E-state index contributed by atoms with van der Waals surface area (Å²) in [5.74, 6) is 0.184. The maximum Gasteiger partial charge on any atom is 0.244 e. The first-order valence-corrected chi connectivity index (χ1v) is 7.48. The van der Waals surface area contributed by atoms with Gasteiger partial charge in [0.1, 0.15) is 0 Å². The molecule has 1 aliphatic heterocycles. The first-order valence-electron chi connectivity index (χ1n) is 7.48. The number of hydrogen-bond donors (Lipinski definition) is 1. The van der Waals surface area contributed by atoms with Crippen molar-refractivity contribution in [1.82, 2.24) is 5.32 Å². The lowest BCUT2D eigenvalue weighted by atomic mass is 10.0. The Kier molecular flexibility index (Phi) is 4.31. The molecular formula is C18H20N2O. The molecule has 1 aliphatic rings. The first kappa shape index (κ1) is 13.8. The smallest absolute Gasteiger partial charge is 0.244 e. The second-order valence-electron chi connectivity index (χ2n) is 5.36. The number of hydrogen-bond acceptors (Lipinski definition) is 2. The molecule has 1 fully saturated rings. The summed E-state index contributed by atoms with van der Waals surface area (Å²) in [4.78, 5) is 14.5. The lowest BCUT2D eigenvalue weighted by Gasteiger charge is -2.33. The molecule has 0 bridgehead atoms. The lowest BCUT2D eigenvalue weighted by Crippen LogP contribution is -2.55. The Morgan fingerprint density at radius 1 is 1.00 bits per heavy atom. The lowest BCUT2D eigenvalue weighted by molar-refractivity contribution is -0.121. The number of nitrogens with zero attached hydrogens (tertiary/aromatic N) is 1. The molecule has 1 atom stereocenters. The van der Waals surface area contributed by atoms with Gasteiger partial charge in [-0.05, 0) is 30.5 Å². The zero-order valence-electron chi connectivity index (χ0n) is 12.0. The van der Waals surface area contributed by atoms with Crippen LogP contribution >= 0.6 is 0 Å². The molecule has 1 saturated heterocycles. The van der Waals surface area contributed by atoms with Crippen LogP contribution in [0, 0.1) is 0 Å². The summed E-state index contributed by atoms with van der Waals surface area (Å²) in [6, 6.07) is 20.2. The van der Waals surface area contributed by atoms with Crippen molar-refractivity contribution in [1.29, 1.82) is 0 Å². The van der Waals surface area contributed by atoms with E-state index in [-0.39, 0.29) is 11.9 Å². The highest BCUT2D eigenvalue weighted by atomic mass is 16.2. The Hall–Kier alpha value is -2.13. The minimum Gasteiger partial charge on any atom is -0.310 e. The zero-order valence-corrected chi connectivity index (χ0v) is 12.0. The third-order valence-electron chi connectivity index (χ3n) is 3.92. The highest BCUT2D eigenvalue weighted by Crippen LogP contribution is 2.18. The summed E-state index contributed by atoms with van der Waals surface area (Å²) in [5, 5.41) is 3.35. The van der Waals surface area contributed by atoms with Gasteiger partial charge in [-0.15, -0.1) is 0 Å². The average Bonchev–Trinajstić information content (AvgIpc) is 2.56. The normalized spacial score (nSPS) is 18.8. The second-order valence-corrected chi connectivity index (χ2v) is 5.36. The van der Waals surface area contributed by atoms with E-state index in [0.717, 1.165) is 31.6 Å². The molecule has 21 heavy (non-hydrogen) atoms. The van der Waals surface area contributed by atoms with E-state index in [1.165, 1.54) is 5.56 Å². The van der Waals surface area contributed by atoms with Crippen LogP contribution in [0.15, 0.2) is 60.7 Å². The molecule has 0 spiro atoms. The average molecular weight is 280 g/mol. The van der Waals surface area contributed by atoms with E-state index in [9.17, 15) is 4.79 Å². The fourth-order valence-corrected chi connectivity index (χ4v) is 2.78. The summed E-state index contributed by atoms with van der Waals surface area (Å²) >= 11 is 0. The first-order chi connectivity index (χ1) is 10.3. The van der Waals surface area contributed by atoms with Crippen molar-refractivity contribution in [3.8, 4) is 0 Å². The summed E-state index contributed by atoms with van der Waals surface area (Å²) in [7, 11) is 0. The van der Waals surface area contributed by atoms with Crippen molar-refractivity contribution in [2.45, 2.75) is 18.9 Å². The molecule has 3 heteroatoms. The van der Waals surface area contributed by atoms with E-state index in [4.69, 9.17) is 0 Å². The third kappa shape index (κ3) is 3.31. The maximum atomic E-state index is 12.6. The molecule has 108 valence electrons. The van der Waals surface area contributed by atoms with Crippen LogP contribution in [0.3, 0.4) is 0 Å². The minimum absolute atomic E-state index is 0.0841. The van der Waals surface area contributed by atoms with Gasteiger partial charge in [-0.1, -0.05) is 48.5 Å². The largest absolute Gasteiger partial charge is 0.310 e. The van der Waals surface area contributed by atoms with E-state index >= 15 is 0 Å². The number of piperazine rings is 1. The van der Waals surface area contributed by atoms with Crippen LogP contribution in [0.5, 0.6) is 0 Å². The number of anilines is 1. The molecule has 2 aromatic rings. The number of rotatable bonds is 4. The van der Waals surface area contributed by atoms with Crippen molar-refractivity contribution >= 4 is 11.6 Å². The predicted molar refractivity (Wildman–Crippen MR) is 85.3 cm³/mol. The molecular weight excluding hydrogens is 260 g/mol. The number of carbonyl (C=O) groups excluding carboxylic acids is 1. The molecule has 0 aromatic heterocycles. The SMILES string of the molecule is O=C1[C@@H](CCc2ccccc2)NCCN1c1ccccc1. The van der Waals surface area contributed by atoms with Gasteiger partial charge in [0.2, 0.25) is 5.91 Å². The van der Waals surface area contributed by atoms with Gasteiger partial charge in [-0.2, -0.15) is 0 Å². The van der Waals surface area contributed by atoms with Gasteiger partial charge in [0, 0.05) is 18.8 Å². The van der Waals surface area contributed by atoms with E-state index < -0.39 is 0 Å². The molecule has 1 N–H and O–H groups in total. The Morgan fingerprint density at radius 3 is 2.38 bits per heavy atom. The third-order valence-corrected chi connectivity index (χ3v) is 3.92. The number of para-hydroxylation sites is 1.